The van der Waals surface area contributed by atoms with Gasteiger partial charge in [0.2, 0.25) is 5.91 Å². The fourth-order valence-electron chi connectivity index (χ4n) is 1.56. The van der Waals surface area contributed by atoms with Gasteiger partial charge in [0.05, 0.1) is 0 Å². The lowest BCUT2D eigenvalue weighted by Crippen LogP contribution is -2.49. The second-order valence-corrected chi connectivity index (χ2v) is 3.82. The number of piperazine rings is 1. The SMILES string of the molecule is [CH2]CN1CCN(C(=O)C(C)C)CC1. The highest BCUT2D eigenvalue weighted by Gasteiger charge is 2.21. The van der Waals surface area contributed by atoms with Gasteiger partial charge in [-0.3, -0.25) is 9.69 Å². The predicted octanol–water partition coefficient (Wildman–Crippen LogP) is 0.621. The molecule has 1 heterocycles. The number of carbonyl (C=O) groups is 1. The molecule has 0 aromatic carbocycles. The van der Waals surface area contributed by atoms with E-state index in [-0.39, 0.29) is 11.8 Å². The molecule has 75 valence electrons. The van der Waals surface area contributed by atoms with Crippen molar-refractivity contribution in [3.8, 4) is 0 Å². The predicted molar refractivity (Wildman–Crippen MR) is 53.2 cm³/mol. The first-order valence-corrected chi connectivity index (χ1v) is 4.95. The second-order valence-electron chi connectivity index (χ2n) is 3.82. The van der Waals surface area contributed by atoms with E-state index in [2.05, 4.69) is 11.8 Å². The molecule has 0 saturated carbocycles. The third kappa shape index (κ3) is 2.69. The topological polar surface area (TPSA) is 23.6 Å². The lowest BCUT2D eigenvalue weighted by atomic mass is 10.1. The summed E-state index contributed by atoms with van der Waals surface area (Å²) in [6.07, 6.45) is 0. The minimum atomic E-state index is 0.131. The van der Waals surface area contributed by atoms with Gasteiger partial charge in [-0.05, 0) is 13.5 Å². The summed E-state index contributed by atoms with van der Waals surface area (Å²) in [4.78, 5) is 15.8. The maximum absolute atomic E-state index is 11.6. The van der Waals surface area contributed by atoms with E-state index in [9.17, 15) is 4.79 Å². The van der Waals surface area contributed by atoms with E-state index in [1.54, 1.807) is 0 Å². The van der Waals surface area contributed by atoms with Gasteiger partial charge < -0.3 is 4.90 Å². The molecule has 0 aromatic heterocycles. The summed E-state index contributed by atoms with van der Waals surface area (Å²) in [7, 11) is 0. The molecular formula is C10H19N2O. The minimum absolute atomic E-state index is 0.131. The van der Waals surface area contributed by atoms with Crippen molar-refractivity contribution in [2.24, 2.45) is 5.92 Å². The first-order chi connectivity index (χ1) is 6.15. The first kappa shape index (κ1) is 10.5. The van der Waals surface area contributed by atoms with Gasteiger partial charge in [-0.15, -0.1) is 0 Å². The van der Waals surface area contributed by atoms with Crippen LogP contribution in [0.1, 0.15) is 13.8 Å². The van der Waals surface area contributed by atoms with Crippen molar-refractivity contribution >= 4 is 5.91 Å². The van der Waals surface area contributed by atoms with Gasteiger partial charge in [-0.2, -0.15) is 0 Å². The van der Waals surface area contributed by atoms with Gasteiger partial charge in [-0.1, -0.05) is 13.8 Å². The molecule has 0 bridgehead atoms. The van der Waals surface area contributed by atoms with Crippen LogP contribution in [0.25, 0.3) is 0 Å². The third-order valence-corrected chi connectivity index (χ3v) is 2.49. The van der Waals surface area contributed by atoms with Crippen molar-refractivity contribution in [3.05, 3.63) is 6.92 Å². The lowest BCUT2D eigenvalue weighted by molar-refractivity contribution is -0.136. The molecule has 3 nitrogen and oxygen atoms in total. The standard InChI is InChI=1S/C10H19N2O/c1-4-11-5-7-12(8-6-11)10(13)9(2)3/h9H,1,4-8H2,2-3H3. The number of rotatable bonds is 2. The van der Waals surface area contributed by atoms with Crippen molar-refractivity contribution in [1.82, 2.24) is 9.80 Å². The van der Waals surface area contributed by atoms with Crippen LogP contribution in [0, 0.1) is 12.8 Å². The van der Waals surface area contributed by atoms with Crippen LogP contribution in [0.15, 0.2) is 0 Å². The normalized spacial score (nSPS) is 19.5. The number of nitrogens with zero attached hydrogens (tertiary/aromatic N) is 2. The zero-order chi connectivity index (χ0) is 9.84. The molecule has 0 spiro atoms. The second kappa shape index (κ2) is 4.61. The van der Waals surface area contributed by atoms with Crippen LogP contribution in [0.3, 0.4) is 0 Å². The van der Waals surface area contributed by atoms with Gasteiger partial charge in [0, 0.05) is 32.1 Å². The van der Waals surface area contributed by atoms with Crippen LogP contribution in [0.4, 0.5) is 0 Å². The summed E-state index contributed by atoms with van der Waals surface area (Å²) in [5.41, 5.74) is 0. The number of carbonyl (C=O) groups excluding carboxylic acids is 1. The van der Waals surface area contributed by atoms with Crippen LogP contribution >= 0.6 is 0 Å². The molecular weight excluding hydrogens is 164 g/mol. The van der Waals surface area contributed by atoms with Crippen molar-refractivity contribution in [3.63, 3.8) is 0 Å². The van der Waals surface area contributed by atoms with E-state index < -0.39 is 0 Å². The minimum Gasteiger partial charge on any atom is -0.340 e. The maximum atomic E-state index is 11.6. The molecule has 0 atom stereocenters. The zero-order valence-electron chi connectivity index (χ0n) is 8.62. The quantitative estimate of drug-likeness (QED) is 0.626. The Morgan fingerprint density at radius 3 is 2.23 bits per heavy atom. The Morgan fingerprint density at radius 1 is 1.31 bits per heavy atom. The van der Waals surface area contributed by atoms with Crippen molar-refractivity contribution in [2.45, 2.75) is 13.8 Å². The van der Waals surface area contributed by atoms with Crippen molar-refractivity contribution < 1.29 is 4.79 Å². The molecule has 1 aliphatic rings. The average Bonchev–Trinajstić information content (AvgIpc) is 2.17. The summed E-state index contributed by atoms with van der Waals surface area (Å²) in [5, 5.41) is 0. The van der Waals surface area contributed by atoms with Crippen LogP contribution in [-0.4, -0.2) is 48.4 Å². The van der Waals surface area contributed by atoms with Gasteiger partial charge in [0.1, 0.15) is 0 Å². The first-order valence-electron chi connectivity index (χ1n) is 4.95. The fourth-order valence-corrected chi connectivity index (χ4v) is 1.56. The van der Waals surface area contributed by atoms with E-state index in [0.29, 0.717) is 0 Å². The molecule has 0 aromatic rings. The van der Waals surface area contributed by atoms with E-state index in [0.717, 1.165) is 32.7 Å². The lowest BCUT2D eigenvalue weighted by Gasteiger charge is -2.34. The summed E-state index contributed by atoms with van der Waals surface area (Å²) >= 11 is 0. The number of amides is 1. The van der Waals surface area contributed by atoms with Crippen molar-refractivity contribution in [1.29, 1.82) is 0 Å². The molecule has 3 heteroatoms. The molecule has 1 fully saturated rings. The zero-order valence-corrected chi connectivity index (χ0v) is 8.62. The summed E-state index contributed by atoms with van der Waals surface area (Å²) in [6, 6.07) is 0. The fraction of sp³-hybridized carbons (Fsp3) is 0.800. The number of hydrogen-bond acceptors (Lipinski definition) is 2. The highest BCUT2D eigenvalue weighted by Crippen LogP contribution is 2.06. The Labute approximate surface area is 80.7 Å². The Balaban J connectivity index is 2.36. The molecule has 0 aliphatic carbocycles. The molecule has 1 amide bonds. The molecule has 0 unspecified atom stereocenters. The Hall–Kier alpha value is -0.570. The van der Waals surface area contributed by atoms with E-state index in [4.69, 9.17) is 0 Å². The van der Waals surface area contributed by atoms with Gasteiger partial charge >= 0.3 is 0 Å². The van der Waals surface area contributed by atoms with Crippen LogP contribution in [0.2, 0.25) is 0 Å². The number of hydrogen-bond donors (Lipinski definition) is 0. The maximum Gasteiger partial charge on any atom is 0.225 e. The van der Waals surface area contributed by atoms with E-state index in [1.165, 1.54) is 0 Å². The van der Waals surface area contributed by atoms with Gasteiger partial charge in [0.15, 0.2) is 0 Å². The van der Waals surface area contributed by atoms with Crippen LogP contribution in [0.5, 0.6) is 0 Å². The molecule has 1 saturated heterocycles. The Kier molecular flexibility index (Phi) is 3.72. The summed E-state index contributed by atoms with van der Waals surface area (Å²) in [6.45, 7) is 12.3. The molecule has 1 aliphatic heterocycles. The van der Waals surface area contributed by atoms with Gasteiger partial charge in [0.25, 0.3) is 0 Å². The van der Waals surface area contributed by atoms with Crippen molar-refractivity contribution in [2.75, 3.05) is 32.7 Å². The molecule has 1 radical (unpaired) electrons. The molecule has 13 heavy (non-hydrogen) atoms. The molecule has 1 rings (SSSR count). The third-order valence-electron chi connectivity index (χ3n) is 2.49. The van der Waals surface area contributed by atoms with Crippen LogP contribution in [-0.2, 0) is 4.79 Å². The van der Waals surface area contributed by atoms with Gasteiger partial charge in [-0.25, -0.2) is 0 Å². The summed E-state index contributed by atoms with van der Waals surface area (Å²) in [5.74, 6) is 0.412. The van der Waals surface area contributed by atoms with Crippen LogP contribution < -0.4 is 0 Å². The van der Waals surface area contributed by atoms with E-state index in [1.807, 2.05) is 18.7 Å². The smallest absolute Gasteiger partial charge is 0.225 e. The molecule has 0 N–H and O–H groups in total. The Bertz CT molecular complexity index is 172. The monoisotopic (exact) mass is 183 g/mol. The highest BCUT2D eigenvalue weighted by molar-refractivity contribution is 5.78. The Morgan fingerprint density at radius 2 is 1.85 bits per heavy atom. The van der Waals surface area contributed by atoms with E-state index >= 15 is 0 Å². The summed E-state index contributed by atoms with van der Waals surface area (Å²) < 4.78 is 0. The largest absolute Gasteiger partial charge is 0.340 e. The highest BCUT2D eigenvalue weighted by atomic mass is 16.2. The average molecular weight is 183 g/mol.